The van der Waals surface area contributed by atoms with Gasteiger partial charge in [-0.1, -0.05) is 39.5 Å². The van der Waals surface area contributed by atoms with Crippen LogP contribution in [0.5, 0.6) is 0 Å². The van der Waals surface area contributed by atoms with Gasteiger partial charge >= 0.3 is 5.97 Å². The molecule has 0 bridgehead atoms. The van der Waals surface area contributed by atoms with Gasteiger partial charge in [0.1, 0.15) is 0 Å². The van der Waals surface area contributed by atoms with Gasteiger partial charge in [0.2, 0.25) is 0 Å². The third-order valence-electron chi connectivity index (χ3n) is 4.55. The summed E-state index contributed by atoms with van der Waals surface area (Å²) in [5.74, 6) is 0.611. The Morgan fingerprint density at radius 1 is 1.40 bits per heavy atom. The zero-order chi connectivity index (χ0) is 14.6. The van der Waals surface area contributed by atoms with Crippen molar-refractivity contribution in [2.75, 3.05) is 0 Å². The minimum Gasteiger partial charge on any atom is -0.481 e. The van der Waals surface area contributed by atoms with Crippen LogP contribution >= 0.6 is 0 Å². The summed E-state index contributed by atoms with van der Waals surface area (Å²) in [6, 6.07) is 0. The van der Waals surface area contributed by atoms with Gasteiger partial charge in [-0.25, -0.2) is 4.68 Å². The number of hydrogen-bond donors (Lipinski definition) is 1. The number of rotatable bonds is 6. The van der Waals surface area contributed by atoms with Crippen molar-refractivity contribution in [3.05, 3.63) is 5.82 Å². The summed E-state index contributed by atoms with van der Waals surface area (Å²) in [4.78, 5) is 11.7. The maximum Gasteiger partial charge on any atom is 0.311 e. The van der Waals surface area contributed by atoms with Gasteiger partial charge in [-0.05, 0) is 29.2 Å². The topological polar surface area (TPSA) is 80.9 Å². The van der Waals surface area contributed by atoms with Crippen LogP contribution in [0.25, 0.3) is 0 Å². The molecule has 1 aromatic heterocycles. The summed E-state index contributed by atoms with van der Waals surface area (Å²) in [7, 11) is 0. The largest absolute Gasteiger partial charge is 0.481 e. The van der Waals surface area contributed by atoms with E-state index in [4.69, 9.17) is 0 Å². The van der Waals surface area contributed by atoms with Crippen LogP contribution in [0.3, 0.4) is 0 Å². The van der Waals surface area contributed by atoms with E-state index in [0.29, 0.717) is 12.5 Å². The van der Waals surface area contributed by atoms with Gasteiger partial charge in [0.15, 0.2) is 5.82 Å². The predicted octanol–water partition coefficient (Wildman–Crippen LogP) is 2.30. The molecule has 1 saturated carbocycles. The Kier molecular flexibility index (Phi) is 4.73. The summed E-state index contributed by atoms with van der Waals surface area (Å²) in [5.41, 5.74) is -0.683. The van der Waals surface area contributed by atoms with Crippen LogP contribution in [-0.2, 0) is 17.8 Å². The highest BCUT2D eigenvalue weighted by Crippen LogP contribution is 2.38. The summed E-state index contributed by atoms with van der Waals surface area (Å²) >= 11 is 0. The van der Waals surface area contributed by atoms with Crippen molar-refractivity contribution >= 4 is 5.97 Å². The van der Waals surface area contributed by atoms with Gasteiger partial charge < -0.3 is 5.11 Å². The van der Waals surface area contributed by atoms with Gasteiger partial charge in [0, 0.05) is 6.42 Å². The van der Waals surface area contributed by atoms with Crippen molar-refractivity contribution in [3.8, 4) is 0 Å². The van der Waals surface area contributed by atoms with E-state index in [1.165, 1.54) is 0 Å². The van der Waals surface area contributed by atoms with E-state index in [0.717, 1.165) is 50.8 Å². The van der Waals surface area contributed by atoms with Gasteiger partial charge in [0.25, 0.3) is 0 Å². The SMILES string of the molecule is CCC(C)Cc1nnnn1CC1(C(=O)O)CCCCC1. The first-order valence-electron chi connectivity index (χ1n) is 7.56. The Balaban J connectivity index is 2.15. The molecule has 1 atom stereocenters. The van der Waals surface area contributed by atoms with Crippen molar-refractivity contribution in [1.82, 2.24) is 20.2 Å². The first kappa shape index (κ1) is 14.9. The molecule has 0 aromatic carbocycles. The summed E-state index contributed by atoms with van der Waals surface area (Å²) in [6.07, 6.45) is 6.42. The second kappa shape index (κ2) is 6.33. The third kappa shape index (κ3) is 3.16. The van der Waals surface area contributed by atoms with E-state index in [1.54, 1.807) is 4.68 Å². The quantitative estimate of drug-likeness (QED) is 0.864. The fraction of sp³-hybridized carbons (Fsp3) is 0.857. The molecule has 1 N–H and O–H groups in total. The number of carbonyl (C=O) groups is 1. The van der Waals surface area contributed by atoms with E-state index < -0.39 is 11.4 Å². The first-order valence-corrected chi connectivity index (χ1v) is 7.56. The minimum absolute atomic E-state index is 0.404. The second-order valence-electron chi connectivity index (χ2n) is 6.12. The minimum atomic E-state index is -0.706. The van der Waals surface area contributed by atoms with E-state index in [2.05, 4.69) is 29.4 Å². The zero-order valence-corrected chi connectivity index (χ0v) is 12.4. The first-order chi connectivity index (χ1) is 9.57. The number of aliphatic carboxylic acids is 1. The molecule has 0 radical (unpaired) electrons. The lowest BCUT2D eigenvalue weighted by atomic mass is 9.74. The monoisotopic (exact) mass is 280 g/mol. The fourth-order valence-electron chi connectivity index (χ4n) is 2.90. The third-order valence-corrected chi connectivity index (χ3v) is 4.55. The highest BCUT2D eigenvalue weighted by atomic mass is 16.4. The molecule has 0 saturated heterocycles. The zero-order valence-electron chi connectivity index (χ0n) is 12.4. The summed E-state index contributed by atoms with van der Waals surface area (Å²) in [5, 5.41) is 21.4. The van der Waals surface area contributed by atoms with E-state index in [9.17, 15) is 9.90 Å². The standard InChI is InChI=1S/C14H24N4O2/c1-3-11(2)9-12-15-16-17-18(12)10-14(13(19)20)7-5-4-6-8-14/h11H,3-10H2,1-2H3,(H,19,20). The average molecular weight is 280 g/mol. The van der Waals surface area contributed by atoms with Crippen molar-refractivity contribution in [2.24, 2.45) is 11.3 Å². The molecule has 6 heteroatoms. The summed E-state index contributed by atoms with van der Waals surface area (Å²) < 4.78 is 1.71. The van der Waals surface area contributed by atoms with Crippen LogP contribution in [0.15, 0.2) is 0 Å². The van der Waals surface area contributed by atoms with Crippen molar-refractivity contribution in [3.63, 3.8) is 0 Å². The Labute approximate surface area is 119 Å². The lowest BCUT2D eigenvalue weighted by Gasteiger charge is -2.33. The van der Waals surface area contributed by atoms with E-state index in [1.807, 2.05) is 0 Å². The number of carboxylic acids is 1. The molecule has 6 nitrogen and oxygen atoms in total. The van der Waals surface area contributed by atoms with E-state index >= 15 is 0 Å². The highest BCUT2D eigenvalue weighted by Gasteiger charge is 2.40. The van der Waals surface area contributed by atoms with Gasteiger partial charge in [-0.3, -0.25) is 4.79 Å². The molecular formula is C14H24N4O2. The number of nitrogens with zero attached hydrogens (tertiary/aromatic N) is 4. The number of carboxylic acid groups (broad SMARTS) is 1. The van der Waals surface area contributed by atoms with E-state index in [-0.39, 0.29) is 0 Å². The molecular weight excluding hydrogens is 256 g/mol. The molecule has 1 aliphatic carbocycles. The average Bonchev–Trinajstić information content (AvgIpc) is 2.86. The Hall–Kier alpha value is -1.46. The predicted molar refractivity (Wildman–Crippen MR) is 74.1 cm³/mol. The molecule has 1 aliphatic rings. The fourth-order valence-corrected chi connectivity index (χ4v) is 2.90. The molecule has 2 rings (SSSR count). The summed E-state index contributed by atoms with van der Waals surface area (Å²) in [6.45, 7) is 4.70. The Morgan fingerprint density at radius 2 is 2.10 bits per heavy atom. The molecule has 1 unspecified atom stereocenters. The molecule has 1 heterocycles. The van der Waals surface area contributed by atoms with Gasteiger partial charge in [-0.15, -0.1) is 5.10 Å². The van der Waals surface area contributed by atoms with Crippen LogP contribution in [0.2, 0.25) is 0 Å². The smallest absolute Gasteiger partial charge is 0.311 e. The lowest BCUT2D eigenvalue weighted by molar-refractivity contribution is -0.152. The molecule has 0 spiro atoms. The molecule has 0 aliphatic heterocycles. The maximum atomic E-state index is 11.7. The lowest BCUT2D eigenvalue weighted by Crippen LogP contribution is -2.38. The van der Waals surface area contributed by atoms with Gasteiger partial charge in [0.05, 0.1) is 12.0 Å². The van der Waals surface area contributed by atoms with Crippen LogP contribution in [0.4, 0.5) is 0 Å². The normalized spacial score (nSPS) is 19.7. The molecule has 1 fully saturated rings. The van der Waals surface area contributed by atoms with Crippen molar-refractivity contribution < 1.29 is 9.90 Å². The molecule has 112 valence electrons. The van der Waals surface area contributed by atoms with Crippen LogP contribution in [0, 0.1) is 11.3 Å². The Bertz CT molecular complexity index is 452. The van der Waals surface area contributed by atoms with Crippen molar-refractivity contribution in [1.29, 1.82) is 0 Å². The molecule has 0 amide bonds. The van der Waals surface area contributed by atoms with Gasteiger partial charge in [-0.2, -0.15) is 0 Å². The molecule has 1 aromatic rings. The van der Waals surface area contributed by atoms with Crippen LogP contribution < -0.4 is 0 Å². The second-order valence-corrected chi connectivity index (χ2v) is 6.12. The van der Waals surface area contributed by atoms with Crippen LogP contribution in [-0.4, -0.2) is 31.3 Å². The Morgan fingerprint density at radius 3 is 2.70 bits per heavy atom. The number of aromatic nitrogens is 4. The molecule has 20 heavy (non-hydrogen) atoms. The number of tetrazole rings is 1. The maximum absolute atomic E-state index is 11.7. The highest BCUT2D eigenvalue weighted by molar-refractivity contribution is 5.74. The van der Waals surface area contributed by atoms with Crippen molar-refractivity contribution in [2.45, 2.75) is 65.3 Å². The van der Waals surface area contributed by atoms with Crippen LogP contribution in [0.1, 0.15) is 58.2 Å². The number of hydrogen-bond acceptors (Lipinski definition) is 4.